The van der Waals surface area contributed by atoms with E-state index in [0.29, 0.717) is 6.54 Å². The molecule has 0 spiro atoms. The molecule has 0 aliphatic carbocycles. The molecule has 0 radical (unpaired) electrons. The Morgan fingerprint density at radius 3 is 1.93 bits per heavy atom. The fourth-order valence-electron chi connectivity index (χ4n) is 3.26. The van der Waals surface area contributed by atoms with Crippen LogP contribution >= 0.6 is 0 Å². The van der Waals surface area contributed by atoms with E-state index in [0.717, 1.165) is 18.4 Å². The molecular weight excluding hydrogens is 344 g/mol. The van der Waals surface area contributed by atoms with Crippen LogP contribution in [0.1, 0.15) is 36.1 Å². The van der Waals surface area contributed by atoms with Crippen molar-refractivity contribution >= 4 is 5.91 Å². The molecule has 0 saturated carbocycles. The van der Waals surface area contributed by atoms with Crippen molar-refractivity contribution in [2.24, 2.45) is 0 Å². The number of carbonyl (C=O) groups is 1. The molecule has 1 amide bonds. The quantitative estimate of drug-likeness (QED) is 0.574. The summed E-state index contributed by atoms with van der Waals surface area (Å²) < 4.78 is 0. The lowest BCUT2D eigenvalue weighted by Gasteiger charge is -2.22. The number of carbonyl (C=O) groups excluding carboxylic acids is 1. The zero-order valence-electron chi connectivity index (χ0n) is 16.3. The summed E-state index contributed by atoms with van der Waals surface area (Å²) in [6.07, 6.45) is 1.62. The summed E-state index contributed by atoms with van der Waals surface area (Å²) in [5.74, 6) is 0.0446. The maximum Gasteiger partial charge on any atom is 0.237 e. The van der Waals surface area contributed by atoms with Crippen molar-refractivity contribution in [3.8, 4) is 0 Å². The molecule has 2 N–H and O–H groups in total. The second kappa shape index (κ2) is 10.4. The van der Waals surface area contributed by atoms with E-state index in [9.17, 15) is 4.79 Å². The monoisotopic (exact) mass is 372 g/mol. The molecule has 2 atom stereocenters. The fraction of sp³-hybridized carbons (Fsp3) is 0.240. The van der Waals surface area contributed by atoms with Gasteiger partial charge < -0.3 is 10.6 Å². The second-order valence-electron chi connectivity index (χ2n) is 7.08. The lowest BCUT2D eigenvalue weighted by atomic mass is 10.0. The lowest BCUT2D eigenvalue weighted by molar-refractivity contribution is -0.124. The normalized spacial score (nSPS) is 12.9. The molecule has 3 rings (SSSR count). The molecule has 3 aromatic rings. The molecule has 0 fully saturated rings. The molecule has 0 saturated heterocycles. The average Bonchev–Trinajstić information content (AvgIpc) is 2.75. The summed E-state index contributed by atoms with van der Waals surface area (Å²) in [6.45, 7) is 2.70. The third-order valence-corrected chi connectivity index (χ3v) is 4.93. The Bertz CT molecular complexity index is 791. The Balaban J connectivity index is 1.64. The number of hydrogen-bond donors (Lipinski definition) is 2. The maximum absolute atomic E-state index is 13.0. The molecule has 0 bridgehead atoms. The Morgan fingerprint density at radius 1 is 0.786 bits per heavy atom. The van der Waals surface area contributed by atoms with Crippen molar-refractivity contribution in [3.63, 3.8) is 0 Å². The zero-order chi connectivity index (χ0) is 19.6. The van der Waals surface area contributed by atoms with Crippen LogP contribution in [0, 0.1) is 0 Å². The second-order valence-corrected chi connectivity index (χ2v) is 7.08. The molecule has 3 aromatic carbocycles. The van der Waals surface area contributed by atoms with E-state index in [4.69, 9.17) is 0 Å². The van der Waals surface area contributed by atoms with Gasteiger partial charge in [0.15, 0.2) is 0 Å². The summed E-state index contributed by atoms with van der Waals surface area (Å²) in [5.41, 5.74) is 3.54. The van der Waals surface area contributed by atoms with Gasteiger partial charge in [0.2, 0.25) is 5.91 Å². The summed E-state index contributed by atoms with van der Waals surface area (Å²) in [7, 11) is 0. The molecule has 0 unspecified atom stereocenters. The predicted octanol–water partition coefficient (Wildman–Crippen LogP) is 4.66. The van der Waals surface area contributed by atoms with Crippen molar-refractivity contribution in [2.75, 3.05) is 0 Å². The van der Waals surface area contributed by atoms with E-state index in [2.05, 4.69) is 34.9 Å². The van der Waals surface area contributed by atoms with Gasteiger partial charge in [-0.05, 0) is 36.5 Å². The van der Waals surface area contributed by atoms with Crippen LogP contribution in [0.3, 0.4) is 0 Å². The molecule has 0 aliphatic heterocycles. The molecule has 28 heavy (non-hydrogen) atoms. The first kappa shape index (κ1) is 19.8. The summed E-state index contributed by atoms with van der Waals surface area (Å²) in [5, 5.41) is 6.62. The van der Waals surface area contributed by atoms with Crippen molar-refractivity contribution in [1.29, 1.82) is 0 Å². The number of amides is 1. The molecule has 0 aliphatic rings. The maximum atomic E-state index is 13.0. The van der Waals surface area contributed by atoms with Crippen molar-refractivity contribution in [3.05, 3.63) is 108 Å². The predicted molar refractivity (Wildman–Crippen MR) is 115 cm³/mol. The number of rotatable bonds is 9. The Labute approximate surface area is 167 Å². The number of aryl methyl sites for hydroxylation is 1. The van der Waals surface area contributed by atoms with Gasteiger partial charge in [0.25, 0.3) is 0 Å². The first-order chi connectivity index (χ1) is 13.7. The van der Waals surface area contributed by atoms with E-state index >= 15 is 0 Å². The Kier molecular flexibility index (Phi) is 7.39. The molecule has 0 aromatic heterocycles. The van der Waals surface area contributed by atoms with Gasteiger partial charge in [-0.1, -0.05) is 91.0 Å². The highest BCUT2D eigenvalue weighted by molar-refractivity contribution is 5.82. The van der Waals surface area contributed by atoms with Gasteiger partial charge in [0.05, 0.1) is 12.1 Å². The number of nitrogens with one attached hydrogen (secondary N) is 2. The first-order valence-electron chi connectivity index (χ1n) is 9.89. The van der Waals surface area contributed by atoms with Crippen molar-refractivity contribution in [2.45, 2.75) is 38.4 Å². The van der Waals surface area contributed by atoms with Crippen LogP contribution < -0.4 is 10.6 Å². The van der Waals surface area contributed by atoms with Crippen LogP contribution in [0.5, 0.6) is 0 Å². The van der Waals surface area contributed by atoms with Crippen LogP contribution in [0.15, 0.2) is 91.0 Å². The first-order valence-corrected chi connectivity index (χ1v) is 9.89. The summed E-state index contributed by atoms with van der Waals surface area (Å²) in [6, 6.07) is 30.3. The van der Waals surface area contributed by atoms with Gasteiger partial charge in [-0.15, -0.1) is 0 Å². The molecule has 0 heterocycles. The van der Waals surface area contributed by atoms with Gasteiger partial charge >= 0.3 is 0 Å². The van der Waals surface area contributed by atoms with E-state index in [1.165, 1.54) is 11.1 Å². The highest BCUT2D eigenvalue weighted by atomic mass is 16.2. The minimum atomic E-state index is -0.244. The molecule has 144 valence electrons. The van der Waals surface area contributed by atoms with Crippen LogP contribution in [0.4, 0.5) is 0 Å². The summed E-state index contributed by atoms with van der Waals surface area (Å²) in [4.78, 5) is 13.0. The van der Waals surface area contributed by atoms with Crippen LogP contribution in [0.25, 0.3) is 0 Å². The van der Waals surface area contributed by atoms with E-state index in [-0.39, 0.29) is 18.0 Å². The standard InChI is InChI=1S/C25H28N2O/c1-20(23-15-9-4-10-16-23)27-25(28)24(18-17-21-11-5-2-6-12-21)26-19-22-13-7-3-8-14-22/h2-16,20,24,26H,17-19H2,1H3,(H,27,28)/t20-,24+/m0/s1. The van der Waals surface area contributed by atoms with E-state index < -0.39 is 0 Å². The van der Waals surface area contributed by atoms with Crippen LogP contribution in [-0.4, -0.2) is 11.9 Å². The lowest BCUT2D eigenvalue weighted by Crippen LogP contribution is -2.45. The van der Waals surface area contributed by atoms with Gasteiger partial charge in [-0.25, -0.2) is 0 Å². The zero-order valence-corrected chi connectivity index (χ0v) is 16.3. The Morgan fingerprint density at radius 2 is 1.32 bits per heavy atom. The fourth-order valence-corrected chi connectivity index (χ4v) is 3.26. The highest BCUT2D eigenvalue weighted by Gasteiger charge is 2.20. The molecule has 3 nitrogen and oxygen atoms in total. The highest BCUT2D eigenvalue weighted by Crippen LogP contribution is 2.13. The Hall–Kier alpha value is -2.91. The smallest absolute Gasteiger partial charge is 0.237 e. The minimum absolute atomic E-state index is 0.0218. The van der Waals surface area contributed by atoms with E-state index in [1.54, 1.807) is 0 Å². The molecule has 3 heteroatoms. The average molecular weight is 373 g/mol. The topological polar surface area (TPSA) is 41.1 Å². The third kappa shape index (κ3) is 6.07. The third-order valence-electron chi connectivity index (χ3n) is 4.93. The van der Waals surface area contributed by atoms with E-state index in [1.807, 2.05) is 73.7 Å². The number of benzene rings is 3. The van der Waals surface area contributed by atoms with Crippen molar-refractivity contribution < 1.29 is 4.79 Å². The minimum Gasteiger partial charge on any atom is -0.348 e. The van der Waals surface area contributed by atoms with Crippen LogP contribution in [-0.2, 0) is 17.8 Å². The van der Waals surface area contributed by atoms with Gasteiger partial charge in [-0.2, -0.15) is 0 Å². The number of hydrogen-bond acceptors (Lipinski definition) is 2. The molecular formula is C25H28N2O. The van der Waals surface area contributed by atoms with Gasteiger partial charge in [0.1, 0.15) is 0 Å². The largest absolute Gasteiger partial charge is 0.348 e. The van der Waals surface area contributed by atoms with Gasteiger partial charge in [-0.3, -0.25) is 4.79 Å². The SMILES string of the molecule is C[C@H](NC(=O)[C@@H](CCc1ccccc1)NCc1ccccc1)c1ccccc1. The van der Waals surface area contributed by atoms with Crippen LogP contribution in [0.2, 0.25) is 0 Å². The summed E-state index contributed by atoms with van der Waals surface area (Å²) >= 11 is 0. The van der Waals surface area contributed by atoms with Crippen molar-refractivity contribution in [1.82, 2.24) is 10.6 Å². The van der Waals surface area contributed by atoms with Gasteiger partial charge in [0, 0.05) is 6.54 Å².